The molecule has 6 heteroatoms. The summed E-state index contributed by atoms with van der Waals surface area (Å²) in [6, 6.07) is 5.16. The van der Waals surface area contributed by atoms with Crippen LogP contribution in [0.5, 0.6) is 5.75 Å². The van der Waals surface area contributed by atoms with Crippen molar-refractivity contribution in [2.75, 3.05) is 13.2 Å². The van der Waals surface area contributed by atoms with E-state index in [1.165, 1.54) is 6.07 Å². The summed E-state index contributed by atoms with van der Waals surface area (Å²) in [5.41, 5.74) is -1.36. The zero-order chi connectivity index (χ0) is 15.2. The van der Waals surface area contributed by atoms with Crippen LogP contribution in [0.2, 0.25) is 0 Å². The van der Waals surface area contributed by atoms with E-state index in [2.05, 4.69) is 5.32 Å². The number of nitrogens with zero attached hydrogens (tertiary/aromatic N) is 1. The maximum atomic E-state index is 12.6. The van der Waals surface area contributed by atoms with E-state index < -0.39 is 17.3 Å². The van der Waals surface area contributed by atoms with E-state index in [9.17, 15) is 13.2 Å². The normalized spacial score (nSPS) is 11.4. The molecule has 0 saturated heterocycles. The molecule has 1 aromatic rings. The van der Waals surface area contributed by atoms with Gasteiger partial charge in [0, 0.05) is 6.04 Å². The molecule has 0 aliphatic rings. The quantitative estimate of drug-likeness (QED) is 0.816. The van der Waals surface area contributed by atoms with E-state index >= 15 is 0 Å². The van der Waals surface area contributed by atoms with E-state index in [0.717, 1.165) is 25.1 Å². The van der Waals surface area contributed by atoms with Crippen molar-refractivity contribution < 1.29 is 17.9 Å². The third kappa shape index (κ3) is 5.10. The van der Waals surface area contributed by atoms with E-state index in [-0.39, 0.29) is 5.75 Å². The second-order valence-electron chi connectivity index (χ2n) is 4.63. The standard InChI is InChI=1S/C14H17F3N2O/c1-10(2)19-6-3-7-20-12-4-5-13(14(15,16)17)11(8-12)9-18/h4-5,8,10,19H,3,6-7H2,1-2H3. The molecule has 0 saturated carbocycles. The molecule has 0 heterocycles. The third-order valence-corrected chi connectivity index (χ3v) is 2.56. The van der Waals surface area contributed by atoms with Crippen LogP contribution in [0.3, 0.4) is 0 Å². The lowest BCUT2D eigenvalue weighted by atomic mass is 10.1. The lowest BCUT2D eigenvalue weighted by molar-refractivity contribution is -0.137. The van der Waals surface area contributed by atoms with Crippen LogP contribution in [-0.2, 0) is 6.18 Å². The Labute approximate surface area is 116 Å². The van der Waals surface area contributed by atoms with Gasteiger partial charge in [0.05, 0.1) is 23.8 Å². The van der Waals surface area contributed by atoms with Crippen molar-refractivity contribution in [2.45, 2.75) is 32.5 Å². The van der Waals surface area contributed by atoms with Crippen molar-refractivity contribution in [3.63, 3.8) is 0 Å². The van der Waals surface area contributed by atoms with Crippen molar-refractivity contribution in [1.29, 1.82) is 5.26 Å². The first kappa shape index (κ1) is 16.3. The molecular weight excluding hydrogens is 269 g/mol. The van der Waals surface area contributed by atoms with Crippen molar-refractivity contribution in [2.24, 2.45) is 0 Å². The molecule has 0 bridgehead atoms. The summed E-state index contributed by atoms with van der Waals surface area (Å²) in [5.74, 6) is 0.277. The zero-order valence-electron chi connectivity index (χ0n) is 11.4. The van der Waals surface area contributed by atoms with E-state index in [1.54, 1.807) is 6.07 Å². The van der Waals surface area contributed by atoms with Gasteiger partial charge in [-0.25, -0.2) is 0 Å². The van der Waals surface area contributed by atoms with Gasteiger partial charge in [0.2, 0.25) is 0 Å². The molecule has 20 heavy (non-hydrogen) atoms. The monoisotopic (exact) mass is 286 g/mol. The van der Waals surface area contributed by atoms with E-state index in [1.807, 2.05) is 13.8 Å². The first-order valence-electron chi connectivity index (χ1n) is 6.32. The fourth-order valence-electron chi connectivity index (χ4n) is 1.61. The van der Waals surface area contributed by atoms with Crippen LogP contribution in [-0.4, -0.2) is 19.2 Å². The Bertz CT molecular complexity index is 478. The highest BCUT2D eigenvalue weighted by Gasteiger charge is 2.33. The lowest BCUT2D eigenvalue weighted by Gasteiger charge is -2.12. The molecule has 110 valence electrons. The molecule has 0 unspecified atom stereocenters. The van der Waals surface area contributed by atoms with Gasteiger partial charge < -0.3 is 10.1 Å². The van der Waals surface area contributed by atoms with Crippen LogP contribution in [0, 0.1) is 11.3 Å². The molecule has 0 spiro atoms. The molecule has 1 aromatic carbocycles. The summed E-state index contributed by atoms with van der Waals surface area (Å²) in [4.78, 5) is 0. The Morgan fingerprint density at radius 2 is 2.05 bits per heavy atom. The van der Waals surface area contributed by atoms with Gasteiger partial charge in [0.15, 0.2) is 0 Å². The summed E-state index contributed by atoms with van der Waals surface area (Å²) in [5, 5.41) is 12.0. The Hall–Kier alpha value is -1.74. The number of ether oxygens (including phenoxy) is 1. The van der Waals surface area contributed by atoms with Crippen LogP contribution >= 0.6 is 0 Å². The second kappa shape index (κ2) is 7.15. The fraction of sp³-hybridized carbons (Fsp3) is 0.500. The molecule has 0 aliphatic heterocycles. The van der Waals surface area contributed by atoms with Gasteiger partial charge in [-0.1, -0.05) is 13.8 Å². The van der Waals surface area contributed by atoms with Gasteiger partial charge in [-0.15, -0.1) is 0 Å². The summed E-state index contributed by atoms with van der Waals surface area (Å²) >= 11 is 0. The summed E-state index contributed by atoms with van der Waals surface area (Å²) in [6.45, 7) is 5.20. The molecular formula is C14H17F3N2O. The maximum absolute atomic E-state index is 12.6. The number of nitrogens with one attached hydrogen (secondary N) is 1. The number of hydrogen-bond donors (Lipinski definition) is 1. The number of halogens is 3. The topological polar surface area (TPSA) is 45.0 Å². The molecule has 1 rings (SSSR count). The molecule has 1 N–H and O–H groups in total. The van der Waals surface area contributed by atoms with Crippen molar-refractivity contribution >= 4 is 0 Å². The molecule has 0 aromatic heterocycles. The number of benzene rings is 1. The largest absolute Gasteiger partial charge is 0.494 e. The van der Waals surface area contributed by atoms with Crippen molar-refractivity contribution in [3.8, 4) is 11.8 Å². The first-order valence-corrected chi connectivity index (χ1v) is 6.32. The van der Waals surface area contributed by atoms with E-state index in [4.69, 9.17) is 10.00 Å². The molecule has 0 radical (unpaired) electrons. The second-order valence-corrected chi connectivity index (χ2v) is 4.63. The van der Waals surface area contributed by atoms with Crippen LogP contribution in [0.4, 0.5) is 13.2 Å². The smallest absolute Gasteiger partial charge is 0.417 e. The molecule has 0 aliphatic carbocycles. The van der Waals surface area contributed by atoms with Gasteiger partial charge in [-0.2, -0.15) is 18.4 Å². The fourth-order valence-corrected chi connectivity index (χ4v) is 1.61. The average molecular weight is 286 g/mol. The third-order valence-electron chi connectivity index (χ3n) is 2.56. The van der Waals surface area contributed by atoms with Crippen molar-refractivity contribution in [3.05, 3.63) is 29.3 Å². The Kier molecular flexibility index (Phi) is 5.83. The van der Waals surface area contributed by atoms with E-state index in [0.29, 0.717) is 12.6 Å². The van der Waals surface area contributed by atoms with Gasteiger partial charge in [-0.3, -0.25) is 0 Å². The number of alkyl halides is 3. The van der Waals surface area contributed by atoms with Gasteiger partial charge in [-0.05, 0) is 31.2 Å². The predicted molar refractivity (Wildman–Crippen MR) is 69.4 cm³/mol. The van der Waals surface area contributed by atoms with Crippen molar-refractivity contribution in [1.82, 2.24) is 5.32 Å². The summed E-state index contributed by atoms with van der Waals surface area (Å²) in [6.07, 6.45) is -3.79. The summed E-state index contributed by atoms with van der Waals surface area (Å²) in [7, 11) is 0. The first-order chi connectivity index (χ1) is 9.34. The lowest BCUT2D eigenvalue weighted by Crippen LogP contribution is -2.24. The van der Waals surface area contributed by atoms with Crippen LogP contribution in [0.25, 0.3) is 0 Å². The minimum Gasteiger partial charge on any atom is -0.494 e. The Morgan fingerprint density at radius 1 is 1.35 bits per heavy atom. The highest BCUT2D eigenvalue weighted by Crippen LogP contribution is 2.33. The molecule has 0 amide bonds. The predicted octanol–water partition coefficient (Wildman–Crippen LogP) is 3.34. The highest BCUT2D eigenvalue weighted by atomic mass is 19.4. The molecule has 3 nitrogen and oxygen atoms in total. The minimum absolute atomic E-state index is 0.277. The van der Waals surface area contributed by atoms with Crippen LogP contribution in [0.15, 0.2) is 18.2 Å². The number of nitriles is 1. The number of hydrogen-bond acceptors (Lipinski definition) is 3. The SMILES string of the molecule is CC(C)NCCCOc1ccc(C(F)(F)F)c(C#N)c1. The van der Waals surface area contributed by atoms with Crippen LogP contribution in [0.1, 0.15) is 31.4 Å². The maximum Gasteiger partial charge on any atom is 0.417 e. The van der Waals surface area contributed by atoms with Gasteiger partial charge >= 0.3 is 6.18 Å². The number of rotatable bonds is 6. The van der Waals surface area contributed by atoms with Gasteiger partial charge in [0.25, 0.3) is 0 Å². The average Bonchev–Trinajstić information content (AvgIpc) is 2.36. The van der Waals surface area contributed by atoms with Gasteiger partial charge in [0.1, 0.15) is 5.75 Å². The Morgan fingerprint density at radius 3 is 2.60 bits per heavy atom. The minimum atomic E-state index is -4.52. The summed E-state index contributed by atoms with van der Waals surface area (Å²) < 4.78 is 43.1. The highest BCUT2D eigenvalue weighted by molar-refractivity contribution is 5.44. The molecule has 0 fully saturated rings. The Balaban J connectivity index is 2.59. The molecule has 0 atom stereocenters. The zero-order valence-corrected chi connectivity index (χ0v) is 11.4. The van der Waals surface area contributed by atoms with Crippen LogP contribution < -0.4 is 10.1 Å².